The molecule has 1 unspecified atom stereocenters. The standard InChI is InChI=1S/C16H21BrN2O2.ClH/c17-14-3-1-2-13(8-14)15-11-19(6-7-21-15)16(20)10-18-9-12-4-5-12;/h1-3,8,12,15,18H,4-7,9-11H2;1H. The number of nitrogens with one attached hydrogen (secondary N) is 1. The minimum Gasteiger partial charge on any atom is -0.370 e. The van der Waals surface area contributed by atoms with Crippen LogP contribution in [0.25, 0.3) is 0 Å². The molecule has 1 saturated heterocycles. The van der Waals surface area contributed by atoms with Crippen molar-refractivity contribution >= 4 is 34.2 Å². The van der Waals surface area contributed by atoms with E-state index in [1.54, 1.807) is 0 Å². The molecule has 122 valence electrons. The van der Waals surface area contributed by atoms with E-state index in [-0.39, 0.29) is 24.4 Å². The third-order valence-electron chi connectivity index (χ3n) is 4.05. The average Bonchev–Trinajstić information content (AvgIpc) is 3.31. The Hall–Kier alpha value is -0.620. The van der Waals surface area contributed by atoms with Gasteiger partial charge in [0.25, 0.3) is 0 Å². The lowest BCUT2D eigenvalue weighted by Crippen LogP contribution is -2.46. The normalized spacial score (nSPS) is 21.3. The summed E-state index contributed by atoms with van der Waals surface area (Å²) >= 11 is 3.48. The average molecular weight is 390 g/mol. The van der Waals surface area contributed by atoms with Crippen LogP contribution in [0.15, 0.2) is 28.7 Å². The van der Waals surface area contributed by atoms with Crippen molar-refractivity contribution in [2.75, 3.05) is 32.8 Å². The molecule has 0 aromatic heterocycles. The number of benzene rings is 1. The molecule has 6 heteroatoms. The Kier molecular flexibility index (Phi) is 6.68. The lowest BCUT2D eigenvalue weighted by molar-refractivity contribution is -0.138. The number of nitrogens with zero attached hydrogens (tertiary/aromatic N) is 1. The number of amides is 1. The smallest absolute Gasteiger partial charge is 0.236 e. The van der Waals surface area contributed by atoms with Crippen molar-refractivity contribution in [3.8, 4) is 0 Å². The van der Waals surface area contributed by atoms with Crippen LogP contribution in [0.5, 0.6) is 0 Å². The van der Waals surface area contributed by atoms with Gasteiger partial charge in [-0.1, -0.05) is 28.1 Å². The number of ether oxygens (including phenoxy) is 1. The second kappa shape index (κ2) is 8.29. The third-order valence-corrected chi connectivity index (χ3v) is 4.54. The fourth-order valence-corrected chi connectivity index (χ4v) is 3.02. The molecule has 1 heterocycles. The number of morpholine rings is 1. The van der Waals surface area contributed by atoms with E-state index in [9.17, 15) is 4.79 Å². The van der Waals surface area contributed by atoms with Crippen molar-refractivity contribution < 1.29 is 9.53 Å². The van der Waals surface area contributed by atoms with Gasteiger partial charge in [-0.25, -0.2) is 0 Å². The molecule has 3 rings (SSSR count). The summed E-state index contributed by atoms with van der Waals surface area (Å²) in [5.41, 5.74) is 1.12. The Morgan fingerprint density at radius 3 is 2.95 bits per heavy atom. The summed E-state index contributed by atoms with van der Waals surface area (Å²) in [4.78, 5) is 14.2. The molecular formula is C16H22BrClN2O2. The van der Waals surface area contributed by atoms with Crippen LogP contribution in [0.4, 0.5) is 0 Å². The van der Waals surface area contributed by atoms with Gasteiger partial charge in [-0.15, -0.1) is 12.4 Å². The molecule has 1 aliphatic carbocycles. The Bertz CT molecular complexity index is 511. The van der Waals surface area contributed by atoms with Crippen LogP contribution in [0.1, 0.15) is 24.5 Å². The molecule has 1 aliphatic heterocycles. The first-order valence-corrected chi connectivity index (χ1v) is 8.37. The van der Waals surface area contributed by atoms with Gasteiger partial charge in [0.1, 0.15) is 6.10 Å². The minimum absolute atomic E-state index is 0. The van der Waals surface area contributed by atoms with Crippen molar-refractivity contribution in [3.63, 3.8) is 0 Å². The van der Waals surface area contributed by atoms with Crippen LogP contribution in [-0.4, -0.2) is 43.6 Å². The zero-order chi connectivity index (χ0) is 14.7. The molecule has 1 aromatic carbocycles. The van der Waals surface area contributed by atoms with Gasteiger partial charge in [-0.2, -0.15) is 0 Å². The number of carbonyl (C=O) groups excluding carboxylic acids is 1. The SMILES string of the molecule is Cl.O=C(CNCC1CC1)N1CCOC(c2cccc(Br)c2)C1. The monoisotopic (exact) mass is 388 g/mol. The topological polar surface area (TPSA) is 41.6 Å². The Morgan fingerprint density at radius 2 is 2.23 bits per heavy atom. The number of rotatable bonds is 5. The summed E-state index contributed by atoms with van der Waals surface area (Å²) in [6.45, 7) is 3.35. The molecule has 1 atom stereocenters. The highest BCUT2D eigenvalue weighted by atomic mass is 79.9. The van der Waals surface area contributed by atoms with Gasteiger partial charge in [0.15, 0.2) is 0 Å². The van der Waals surface area contributed by atoms with Gasteiger partial charge in [-0.3, -0.25) is 4.79 Å². The van der Waals surface area contributed by atoms with Crippen molar-refractivity contribution in [2.45, 2.75) is 18.9 Å². The first kappa shape index (κ1) is 17.7. The van der Waals surface area contributed by atoms with E-state index in [1.807, 2.05) is 17.0 Å². The molecule has 1 N–H and O–H groups in total. The van der Waals surface area contributed by atoms with Gasteiger partial charge in [0, 0.05) is 11.0 Å². The maximum absolute atomic E-state index is 12.2. The molecule has 0 spiro atoms. The molecule has 0 bridgehead atoms. The second-order valence-corrected chi connectivity index (χ2v) is 6.74. The Balaban J connectivity index is 0.00000176. The van der Waals surface area contributed by atoms with Crippen LogP contribution in [0.2, 0.25) is 0 Å². The van der Waals surface area contributed by atoms with Gasteiger partial charge in [-0.05, 0) is 43.0 Å². The van der Waals surface area contributed by atoms with Gasteiger partial charge >= 0.3 is 0 Å². The largest absolute Gasteiger partial charge is 0.370 e. The predicted octanol–water partition coefficient (Wildman–Crippen LogP) is 2.77. The molecule has 2 fully saturated rings. The lowest BCUT2D eigenvalue weighted by Gasteiger charge is -2.33. The maximum atomic E-state index is 12.2. The molecule has 2 aliphatic rings. The zero-order valence-electron chi connectivity index (χ0n) is 12.5. The van der Waals surface area contributed by atoms with Crippen LogP contribution < -0.4 is 5.32 Å². The molecule has 1 amide bonds. The van der Waals surface area contributed by atoms with Crippen LogP contribution >= 0.6 is 28.3 Å². The van der Waals surface area contributed by atoms with Crippen LogP contribution in [0.3, 0.4) is 0 Å². The van der Waals surface area contributed by atoms with Gasteiger partial charge in [0.2, 0.25) is 5.91 Å². The fraction of sp³-hybridized carbons (Fsp3) is 0.562. The second-order valence-electron chi connectivity index (χ2n) is 5.83. The number of carbonyl (C=O) groups is 1. The summed E-state index contributed by atoms with van der Waals surface area (Å²) < 4.78 is 6.86. The summed E-state index contributed by atoms with van der Waals surface area (Å²) in [7, 11) is 0. The maximum Gasteiger partial charge on any atom is 0.236 e. The first-order chi connectivity index (χ1) is 10.2. The van der Waals surface area contributed by atoms with Crippen molar-refractivity contribution in [1.82, 2.24) is 10.2 Å². The highest BCUT2D eigenvalue weighted by Gasteiger charge is 2.26. The predicted molar refractivity (Wildman–Crippen MR) is 92.3 cm³/mol. The van der Waals surface area contributed by atoms with Crippen molar-refractivity contribution in [3.05, 3.63) is 34.3 Å². The van der Waals surface area contributed by atoms with E-state index in [1.165, 1.54) is 12.8 Å². The molecule has 4 nitrogen and oxygen atoms in total. The fourth-order valence-electron chi connectivity index (χ4n) is 2.60. The zero-order valence-corrected chi connectivity index (χ0v) is 14.9. The Morgan fingerprint density at radius 1 is 1.41 bits per heavy atom. The summed E-state index contributed by atoms with van der Waals surface area (Å²) in [5.74, 6) is 0.982. The van der Waals surface area contributed by atoms with Gasteiger partial charge in [0.05, 0.1) is 19.7 Å². The molecule has 1 aromatic rings. The van der Waals surface area contributed by atoms with E-state index >= 15 is 0 Å². The van der Waals surface area contributed by atoms with E-state index in [4.69, 9.17) is 4.74 Å². The van der Waals surface area contributed by atoms with E-state index in [0.29, 0.717) is 26.2 Å². The van der Waals surface area contributed by atoms with E-state index < -0.39 is 0 Å². The molecule has 0 radical (unpaired) electrons. The van der Waals surface area contributed by atoms with Crippen molar-refractivity contribution in [1.29, 1.82) is 0 Å². The molecule has 22 heavy (non-hydrogen) atoms. The summed E-state index contributed by atoms with van der Waals surface area (Å²) in [6.07, 6.45) is 2.59. The third kappa shape index (κ3) is 4.95. The molecule has 1 saturated carbocycles. The van der Waals surface area contributed by atoms with Gasteiger partial charge < -0.3 is 15.0 Å². The lowest BCUT2D eigenvalue weighted by atomic mass is 10.1. The van der Waals surface area contributed by atoms with E-state index in [0.717, 1.165) is 22.5 Å². The molecular weight excluding hydrogens is 368 g/mol. The van der Waals surface area contributed by atoms with Crippen LogP contribution in [0, 0.1) is 5.92 Å². The summed E-state index contributed by atoms with van der Waals surface area (Å²) in [6, 6.07) is 8.11. The van der Waals surface area contributed by atoms with Crippen molar-refractivity contribution in [2.24, 2.45) is 5.92 Å². The van der Waals surface area contributed by atoms with Crippen LogP contribution in [-0.2, 0) is 9.53 Å². The number of hydrogen-bond donors (Lipinski definition) is 1. The van der Waals surface area contributed by atoms with E-state index in [2.05, 4.69) is 33.4 Å². The minimum atomic E-state index is -0.0244. The number of halogens is 2. The summed E-state index contributed by atoms with van der Waals surface area (Å²) in [5, 5.41) is 3.27. The highest BCUT2D eigenvalue weighted by molar-refractivity contribution is 9.10. The first-order valence-electron chi connectivity index (χ1n) is 7.58. The number of hydrogen-bond acceptors (Lipinski definition) is 3. The highest BCUT2D eigenvalue weighted by Crippen LogP contribution is 2.27. The Labute approximate surface area is 146 Å². The quantitative estimate of drug-likeness (QED) is 0.842.